The van der Waals surface area contributed by atoms with Gasteiger partial charge in [-0.05, 0) is 38.1 Å². The molecule has 0 amide bonds. The van der Waals surface area contributed by atoms with Gasteiger partial charge in [0.05, 0.1) is 25.0 Å². The zero-order valence-electron chi connectivity index (χ0n) is 13.2. The summed E-state index contributed by atoms with van der Waals surface area (Å²) >= 11 is 0. The van der Waals surface area contributed by atoms with Crippen molar-refractivity contribution < 1.29 is 5.11 Å². The van der Waals surface area contributed by atoms with Crippen molar-refractivity contribution in [2.75, 3.05) is 5.32 Å². The molecule has 3 rings (SSSR count). The first kappa shape index (κ1) is 15.2. The Balaban J connectivity index is 1.66. The molecule has 2 N–H and O–H groups in total. The molecule has 0 saturated carbocycles. The molecule has 120 valence electrons. The van der Waals surface area contributed by atoms with Crippen LogP contribution in [0, 0.1) is 0 Å². The minimum absolute atomic E-state index is 0.109. The fourth-order valence-electron chi connectivity index (χ4n) is 2.36. The second kappa shape index (κ2) is 6.62. The number of aliphatic hydroxyl groups is 1. The quantitative estimate of drug-likeness (QED) is 0.729. The maximum atomic E-state index is 9.03. The predicted octanol–water partition coefficient (Wildman–Crippen LogP) is 2.15. The molecule has 7 nitrogen and oxygen atoms in total. The van der Waals surface area contributed by atoms with Gasteiger partial charge < -0.3 is 15.0 Å². The van der Waals surface area contributed by atoms with E-state index in [1.165, 1.54) is 0 Å². The van der Waals surface area contributed by atoms with Crippen molar-refractivity contribution >= 4 is 5.69 Å². The fraction of sp³-hybridized carbons (Fsp3) is 0.312. The highest BCUT2D eigenvalue weighted by Gasteiger charge is 2.06. The van der Waals surface area contributed by atoms with Crippen molar-refractivity contribution in [3.05, 3.63) is 54.4 Å². The molecule has 0 radical (unpaired) electrons. The molecule has 1 aromatic carbocycles. The van der Waals surface area contributed by atoms with Crippen LogP contribution in [0.25, 0.3) is 5.69 Å². The molecule has 0 aliphatic carbocycles. The molecule has 0 unspecified atom stereocenters. The van der Waals surface area contributed by atoms with Crippen molar-refractivity contribution in [2.45, 2.75) is 33.0 Å². The predicted molar refractivity (Wildman–Crippen MR) is 87.2 cm³/mol. The molecule has 0 aliphatic rings. The van der Waals surface area contributed by atoms with Crippen LogP contribution in [-0.4, -0.2) is 29.7 Å². The monoisotopic (exact) mass is 312 g/mol. The van der Waals surface area contributed by atoms with Gasteiger partial charge in [-0.3, -0.25) is 0 Å². The normalized spacial score (nSPS) is 11.1. The molecule has 0 bridgehead atoms. The highest BCUT2D eigenvalue weighted by Crippen LogP contribution is 2.15. The van der Waals surface area contributed by atoms with E-state index in [4.69, 9.17) is 5.11 Å². The van der Waals surface area contributed by atoms with Crippen LogP contribution in [0.3, 0.4) is 0 Å². The lowest BCUT2D eigenvalue weighted by atomic mass is 10.2. The first-order valence-electron chi connectivity index (χ1n) is 7.55. The minimum atomic E-state index is -0.109. The van der Waals surface area contributed by atoms with E-state index in [2.05, 4.69) is 39.0 Å². The maximum absolute atomic E-state index is 9.03. The van der Waals surface area contributed by atoms with Gasteiger partial charge in [-0.2, -0.15) is 0 Å². The zero-order chi connectivity index (χ0) is 16.2. The lowest BCUT2D eigenvalue weighted by molar-refractivity contribution is 0.276. The summed E-state index contributed by atoms with van der Waals surface area (Å²) < 4.78 is 3.79. The van der Waals surface area contributed by atoms with Crippen molar-refractivity contribution in [1.29, 1.82) is 0 Å². The Morgan fingerprint density at radius 2 is 2.00 bits per heavy atom. The first-order chi connectivity index (χ1) is 11.2. The lowest BCUT2D eigenvalue weighted by Crippen LogP contribution is -2.10. The Hall–Kier alpha value is -2.67. The van der Waals surface area contributed by atoms with Gasteiger partial charge in [0, 0.05) is 24.1 Å². The van der Waals surface area contributed by atoms with Gasteiger partial charge in [0.2, 0.25) is 0 Å². The highest BCUT2D eigenvalue weighted by molar-refractivity contribution is 5.48. The van der Waals surface area contributed by atoms with Crippen molar-refractivity contribution in [2.24, 2.45) is 0 Å². The number of hydrogen-bond acceptors (Lipinski definition) is 5. The van der Waals surface area contributed by atoms with Crippen LogP contribution in [0.4, 0.5) is 5.69 Å². The summed E-state index contributed by atoms with van der Waals surface area (Å²) in [6.07, 6.45) is 5.53. The molecule has 23 heavy (non-hydrogen) atoms. The van der Waals surface area contributed by atoms with E-state index in [0.29, 0.717) is 18.3 Å². The molecule has 3 aromatic rings. The van der Waals surface area contributed by atoms with Crippen LogP contribution in [-0.2, 0) is 13.2 Å². The molecule has 0 saturated heterocycles. The summed E-state index contributed by atoms with van der Waals surface area (Å²) in [5.41, 5.74) is 2.45. The number of aliphatic hydroxyl groups excluding tert-OH is 1. The summed E-state index contributed by atoms with van der Waals surface area (Å²) in [6, 6.07) is 8.27. The van der Waals surface area contributed by atoms with Gasteiger partial charge in [0.15, 0.2) is 0 Å². The van der Waals surface area contributed by atoms with Gasteiger partial charge in [-0.15, -0.1) is 5.10 Å². The third kappa shape index (κ3) is 3.40. The molecule has 0 spiro atoms. The van der Waals surface area contributed by atoms with Crippen LogP contribution in [0.1, 0.15) is 31.4 Å². The van der Waals surface area contributed by atoms with E-state index in [-0.39, 0.29) is 6.61 Å². The van der Waals surface area contributed by atoms with Crippen molar-refractivity contribution in [3.8, 4) is 5.69 Å². The number of nitrogens with one attached hydrogen (secondary N) is 1. The first-order valence-corrected chi connectivity index (χ1v) is 7.55. The smallest absolute Gasteiger partial charge is 0.128 e. The van der Waals surface area contributed by atoms with Crippen LogP contribution < -0.4 is 5.32 Å². The average Bonchev–Trinajstić information content (AvgIpc) is 3.22. The topological polar surface area (TPSA) is 80.8 Å². The molecule has 0 atom stereocenters. The van der Waals surface area contributed by atoms with E-state index >= 15 is 0 Å². The average molecular weight is 312 g/mol. The molecular formula is C16H20N6O. The van der Waals surface area contributed by atoms with E-state index in [1.807, 2.05) is 36.7 Å². The molecule has 2 aromatic heterocycles. The number of rotatable bonds is 6. The minimum Gasteiger partial charge on any atom is -0.390 e. The summed E-state index contributed by atoms with van der Waals surface area (Å²) in [6.45, 7) is 4.84. The maximum Gasteiger partial charge on any atom is 0.128 e. The number of aromatic nitrogens is 5. The second-order valence-corrected chi connectivity index (χ2v) is 5.56. The Labute approximate surface area is 134 Å². The van der Waals surface area contributed by atoms with E-state index in [1.54, 1.807) is 10.9 Å². The molecule has 0 fully saturated rings. The lowest BCUT2D eigenvalue weighted by Gasteiger charge is -2.12. The van der Waals surface area contributed by atoms with E-state index in [9.17, 15) is 0 Å². The van der Waals surface area contributed by atoms with Crippen molar-refractivity contribution in [1.82, 2.24) is 24.5 Å². The number of imidazole rings is 1. The Kier molecular flexibility index (Phi) is 4.38. The van der Waals surface area contributed by atoms with Gasteiger partial charge in [0.1, 0.15) is 11.5 Å². The van der Waals surface area contributed by atoms with Gasteiger partial charge >= 0.3 is 0 Å². The summed E-state index contributed by atoms with van der Waals surface area (Å²) in [5, 5.41) is 20.2. The SMILES string of the molecule is CC(C)n1ccnc1CNc1ccc(-n2cc(CO)nn2)cc1. The zero-order valence-corrected chi connectivity index (χ0v) is 13.2. The largest absolute Gasteiger partial charge is 0.390 e. The second-order valence-electron chi connectivity index (χ2n) is 5.56. The molecular weight excluding hydrogens is 292 g/mol. The van der Waals surface area contributed by atoms with E-state index < -0.39 is 0 Å². The van der Waals surface area contributed by atoms with E-state index in [0.717, 1.165) is 17.2 Å². The van der Waals surface area contributed by atoms with Crippen LogP contribution in [0.15, 0.2) is 42.9 Å². The molecule has 0 aliphatic heterocycles. The van der Waals surface area contributed by atoms with Crippen molar-refractivity contribution in [3.63, 3.8) is 0 Å². The van der Waals surface area contributed by atoms with Crippen LogP contribution in [0.2, 0.25) is 0 Å². The third-order valence-electron chi connectivity index (χ3n) is 3.59. The highest BCUT2D eigenvalue weighted by atomic mass is 16.3. The molecule has 7 heteroatoms. The number of hydrogen-bond donors (Lipinski definition) is 2. The molecule has 2 heterocycles. The Bertz CT molecular complexity index is 759. The van der Waals surface area contributed by atoms with Crippen LogP contribution in [0.5, 0.6) is 0 Å². The number of anilines is 1. The Morgan fingerprint density at radius 3 is 2.65 bits per heavy atom. The summed E-state index contributed by atoms with van der Waals surface area (Å²) in [7, 11) is 0. The number of nitrogens with zero attached hydrogens (tertiary/aromatic N) is 5. The third-order valence-corrected chi connectivity index (χ3v) is 3.59. The van der Waals surface area contributed by atoms with Gasteiger partial charge in [-0.25, -0.2) is 9.67 Å². The standard InChI is InChI=1S/C16H20N6O/c1-12(2)21-8-7-17-16(21)9-18-13-3-5-15(6-4-13)22-10-14(11-23)19-20-22/h3-8,10,12,18,23H,9,11H2,1-2H3. The Morgan fingerprint density at radius 1 is 1.22 bits per heavy atom. The van der Waals surface area contributed by atoms with Crippen LogP contribution >= 0.6 is 0 Å². The summed E-state index contributed by atoms with van der Waals surface area (Å²) in [5.74, 6) is 1.01. The number of benzene rings is 1. The fourth-order valence-corrected chi connectivity index (χ4v) is 2.36. The summed E-state index contributed by atoms with van der Waals surface area (Å²) in [4.78, 5) is 4.38. The van der Waals surface area contributed by atoms with Gasteiger partial charge in [0.25, 0.3) is 0 Å². The van der Waals surface area contributed by atoms with Gasteiger partial charge in [-0.1, -0.05) is 5.21 Å².